The molecule has 0 bridgehead atoms. The molecule has 0 spiro atoms. The van der Waals surface area contributed by atoms with E-state index in [1.165, 1.54) is 25.3 Å². The molecule has 112 valence electrons. The topological polar surface area (TPSA) is 21.3 Å². The molecule has 1 aromatic carbocycles. The summed E-state index contributed by atoms with van der Waals surface area (Å²) in [6.07, 6.45) is 7.24. The van der Waals surface area contributed by atoms with E-state index in [1.807, 2.05) is 19.2 Å². The van der Waals surface area contributed by atoms with E-state index in [9.17, 15) is 4.39 Å². The lowest BCUT2D eigenvalue weighted by molar-refractivity contribution is 0.00870. The van der Waals surface area contributed by atoms with Crippen molar-refractivity contribution in [2.24, 2.45) is 0 Å². The maximum Gasteiger partial charge on any atom is 0.137 e. The van der Waals surface area contributed by atoms with E-state index < -0.39 is 0 Å². The van der Waals surface area contributed by atoms with E-state index in [2.05, 4.69) is 21.2 Å². The van der Waals surface area contributed by atoms with Crippen molar-refractivity contribution in [1.29, 1.82) is 0 Å². The van der Waals surface area contributed by atoms with Crippen molar-refractivity contribution in [1.82, 2.24) is 5.32 Å². The maximum atomic E-state index is 13.2. The van der Waals surface area contributed by atoms with Gasteiger partial charge in [0.25, 0.3) is 0 Å². The summed E-state index contributed by atoms with van der Waals surface area (Å²) in [5.74, 6) is -0.203. The van der Waals surface area contributed by atoms with Crippen LogP contribution in [0.15, 0.2) is 22.7 Å². The molecule has 2 unspecified atom stereocenters. The van der Waals surface area contributed by atoms with Crippen molar-refractivity contribution in [3.05, 3.63) is 34.1 Å². The lowest BCUT2D eigenvalue weighted by Crippen LogP contribution is -2.30. The molecule has 1 saturated heterocycles. The summed E-state index contributed by atoms with van der Waals surface area (Å²) < 4.78 is 19.5. The molecule has 0 saturated carbocycles. The van der Waals surface area contributed by atoms with Crippen LogP contribution in [0.4, 0.5) is 4.39 Å². The molecule has 1 aliphatic rings. The second kappa shape index (κ2) is 8.11. The Morgan fingerprint density at radius 3 is 2.95 bits per heavy atom. The molecule has 0 radical (unpaired) electrons. The minimum Gasteiger partial charge on any atom is -0.378 e. The second-order valence-corrected chi connectivity index (χ2v) is 6.36. The molecular weight excluding hydrogens is 321 g/mol. The Hall–Kier alpha value is -0.450. The van der Waals surface area contributed by atoms with Crippen molar-refractivity contribution < 1.29 is 9.13 Å². The summed E-state index contributed by atoms with van der Waals surface area (Å²) in [5.41, 5.74) is 1.15. The molecule has 1 fully saturated rings. The van der Waals surface area contributed by atoms with Crippen LogP contribution in [0.2, 0.25) is 0 Å². The molecule has 0 amide bonds. The largest absolute Gasteiger partial charge is 0.378 e. The molecule has 1 N–H and O–H groups in total. The van der Waals surface area contributed by atoms with Gasteiger partial charge in [-0.25, -0.2) is 4.39 Å². The van der Waals surface area contributed by atoms with Crippen molar-refractivity contribution in [2.45, 2.75) is 50.7 Å². The summed E-state index contributed by atoms with van der Waals surface area (Å²) in [6.45, 7) is 0.916. The van der Waals surface area contributed by atoms with Gasteiger partial charge < -0.3 is 10.1 Å². The van der Waals surface area contributed by atoms with Crippen molar-refractivity contribution in [3.63, 3.8) is 0 Å². The van der Waals surface area contributed by atoms with Crippen LogP contribution in [0, 0.1) is 5.82 Å². The molecule has 2 nitrogen and oxygen atoms in total. The number of rotatable bonds is 6. The van der Waals surface area contributed by atoms with Gasteiger partial charge in [0.1, 0.15) is 5.82 Å². The predicted molar refractivity (Wildman–Crippen MR) is 83.5 cm³/mol. The third-order valence-electron chi connectivity index (χ3n) is 3.99. The summed E-state index contributed by atoms with van der Waals surface area (Å²) in [6, 6.07) is 5.67. The molecule has 1 aliphatic heterocycles. The Balaban J connectivity index is 1.83. The maximum absolute atomic E-state index is 13.2. The summed E-state index contributed by atoms with van der Waals surface area (Å²) in [4.78, 5) is 0. The van der Waals surface area contributed by atoms with Crippen LogP contribution in [-0.2, 0) is 11.2 Å². The van der Waals surface area contributed by atoms with Gasteiger partial charge in [0.2, 0.25) is 0 Å². The molecule has 0 aliphatic carbocycles. The second-order valence-electron chi connectivity index (χ2n) is 5.50. The molecular formula is C16H23BrFNO. The van der Waals surface area contributed by atoms with Gasteiger partial charge in [-0.05, 0) is 79.2 Å². The van der Waals surface area contributed by atoms with E-state index in [4.69, 9.17) is 4.74 Å². The van der Waals surface area contributed by atoms with Crippen LogP contribution in [0.25, 0.3) is 0 Å². The molecule has 20 heavy (non-hydrogen) atoms. The third-order valence-corrected chi connectivity index (χ3v) is 4.59. The fourth-order valence-corrected chi connectivity index (χ4v) is 3.15. The quantitative estimate of drug-likeness (QED) is 0.840. The highest BCUT2D eigenvalue weighted by molar-refractivity contribution is 9.10. The van der Waals surface area contributed by atoms with Gasteiger partial charge in [-0.15, -0.1) is 0 Å². The zero-order valence-electron chi connectivity index (χ0n) is 12.0. The first-order valence-corrected chi connectivity index (χ1v) is 8.21. The van der Waals surface area contributed by atoms with Gasteiger partial charge in [0, 0.05) is 12.6 Å². The van der Waals surface area contributed by atoms with E-state index in [-0.39, 0.29) is 5.82 Å². The van der Waals surface area contributed by atoms with Gasteiger partial charge in [-0.1, -0.05) is 6.07 Å². The smallest absolute Gasteiger partial charge is 0.137 e. The molecule has 0 aromatic heterocycles. The van der Waals surface area contributed by atoms with Crippen molar-refractivity contribution in [3.8, 4) is 0 Å². The number of hydrogen-bond donors (Lipinski definition) is 1. The number of halogens is 2. The fourth-order valence-electron chi connectivity index (χ4n) is 2.72. The summed E-state index contributed by atoms with van der Waals surface area (Å²) in [7, 11) is 1.99. The van der Waals surface area contributed by atoms with Crippen LogP contribution in [0.1, 0.15) is 37.7 Å². The van der Waals surface area contributed by atoms with Crippen molar-refractivity contribution >= 4 is 15.9 Å². The van der Waals surface area contributed by atoms with Crippen LogP contribution >= 0.6 is 15.9 Å². The Morgan fingerprint density at radius 1 is 1.45 bits per heavy atom. The normalized spacial score (nSPS) is 20.9. The average molecular weight is 344 g/mol. The number of benzene rings is 1. The minimum atomic E-state index is -0.203. The van der Waals surface area contributed by atoms with E-state index in [0.29, 0.717) is 16.6 Å². The summed E-state index contributed by atoms with van der Waals surface area (Å²) in [5, 5.41) is 3.36. The summed E-state index contributed by atoms with van der Waals surface area (Å²) >= 11 is 3.24. The predicted octanol–water partition coefficient (Wildman–Crippen LogP) is 4.07. The molecule has 1 heterocycles. The lowest BCUT2D eigenvalue weighted by atomic mass is 9.97. The van der Waals surface area contributed by atoms with E-state index >= 15 is 0 Å². The highest BCUT2D eigenvalue weighted by atomic mass is 79.9. The first-order chi connectivity index (χ1) is 9.69. The van der Waals surface area contributed by atoms with E-state index in [1.54, 1.807) is 0 Å². The first kappa shape index (κ1) is 15.9. The molecule has 1 aromatic rings. The lowest BCUT2D eigenvalue weighted by Gasteiger charge is -2.25. The van der Waals surface area contributed by atoms with Gasteiger partial charge in [-0.3, -0.25) is 0 Å². The zero-order valence-corrected chi connectivity index (χ0v) is 13.6. The highest BCUT2D eigenvalue weighted by Gasteiger charge is 2.16. The van der Waals surface area contributed by atoms with Gasteiger partial charge in [-0.2, -0.15) is 0 Å². The van der Waals surface area contributed by atoms with Crippen LogP contribution in [-0.4, -0.2) is 25.8 Å². The van der Waals surface area contributed by atoms with Crippen LogP contribution < -0.4 is 5.32 Å². The van der Waals surface area contributed by atoms with E-state index in [0.717, 1.165) is 31.4 Å². The molecule has 2 rings (SSSR count). The Kier molecular flexibility index (Phi) is 6.46. The monoisotopic (exact) mass is 343 g/mol. The standard InChI is InChI=1S/C16H23BrFNO/c1-19-13(6-7-14-4-2-3-9-20-14)10-12-5-8-16(18)15(17)11-12/h5,8,11,13-14,19H,2-4,6-7,9-10H2,1H3. The third kappa shape index (κ3) is 4.83. The Bertz CT molecular complexity index is 421. The molecule has 2 atom stereocenters. The van der Waals surface area contributed by atoms with Gasteiger partial charge in [0.05, 0.1) is 10.6 Å². The van der Waals surface area contributed by atoms with Crippen LogP contribution in [0.3, 0.4) is 0 Å². The number of ether oxygens (including phenoxy) is 1. The van der Waals surface area contributed by atoms with Gasteiger partial charge >= 0.3 is 0 Å². The Morgan fingerprint density at radius 2 is 2.30 bits per heavy atom. The fraction of sp³-hybridized carbons (Fsp3) is 0.625. The first-order valence-electron chi connectivity index (χ1n) is 7.42. The number of hydrogen-bond acceptors (Lipinski definition) is 2. The zero-order chi connectivity index (χ0) is 14.4. The number of nitrogens with one attached hydrogen (secondary N) is 1. The number of likely N-dealkylation sites (N-methyl/N-ethyl adjacent to an activating group) is 1. The Labute approximate surface area is 129 Å². The van der Waals surface area contributed by atoms with Crippen LogP contribution in [0.5, 0.6) is 0 Å². The highest BCUT2D eigenvalue weighted by Crippen LogP contribution is 2.21. The molecule has 4 heteroatoms. The minimum absolute atomic E-state index is 0.203. The SMILES string of the molecule is CNC(CCC1CCCCO1)Cc1ccc(F)c(Br)c1. The van der Waals surface area contributed by atoms with Gasteiger partial charge in [0.15, 0.2) is 0 Å². The average Bonchev–Trinajstić information content (AvgIpc) is 2.48. The van der Waals surface area contributed by atoms with Crippen molar-refractivity contribution in [2.75, 3.05) is 13.7 Å².